The van der Waals surface area contributed by atoms with E-state index in [0.717, 1.165) is 33.5 Å². The summed E-state index contributed by atoms with van der Waals surface area (Å²) in [5.41, 5.74) is 4.33. The molecule has 1 aliphatic rings. The fourth-order valence-electron chi connectivity index (χ4n) is 3.32. The molecule has 1 aromatic carbocycles. The molecule has 0 saturated carbocycles. The minimum absolute atomic E-state index is 0.00587. The van der Waals surface area contributed by atoms with Crippen LogP contribution in [0.2, 0.25) is 0 Å². The van der Waals surface area contributed by atoms with Gasteiger partial charge in [-0.05, 0) is 36.8 Å². The molecule has 0 atom stereocenters. The van der Waals surface area contributed by atoms with Crippen LogP contribution in [0.1, 0.15) is 16.2 Å². The summed E-state index contributed by atoms with van der Waals surface area (Å²) in [5.74, 6) is 0.749. The van der Waals surface area contributed by atoms with E-state index < -0.39 is 0 Å². The Morgan fingerprint density at radius 3 is 2.81 bits per heavy atom. The minimum atomic E-state index is 0.00587. The normalized spacial score (nSPS) is 14.6. The second-order valence-electron chi connectivity index (χ2n) is 6.37. The van der Waals surface area contributed by atoms with Crippen LogP contribution in [0, 0.1) is 6.92 Å². The zero-order valence-corrected chi connectivity index (χ0v) is 14.9. The summed E-state index contributed by atoms with van der Waals surface area (Å²) in [6.07, 6.45) is 1.87. The number of aromatic nitrogens is 2. The smallest absolute Gasteiger partial charge is 0.270 e. The molecule has 0 aliphatic carbocycles. The van der Waals surface area contributed by atoms with Crippen molar-refractivity contribution in [2.24, 2.45) is 0 Å². The van der Waals surface area contributed by atoms with Gasteiger partial charge in [-0.1, -0.05) is 6.07 Å². The first-order valence-corrected chi connectivity index (χ1v) is 8.67. The third kappa shape index (κ3) is 2.93. The maximum Gasteiger partial charge on any atom is 0.270 e. The van der Waals surface area contributed by atoms with Crippen LogP contribution in [-0.2, 0) is 4.74 Å². The third-order valence-electron chi connectivity index (χ3n) is 4.70. The summed E-state index contributed by atoms with van der Waals surface area (Å²) in [7, 11) is 1.65. The van der Waals surface area contributed by atoms with Crippen LogP contribution in [0.3, 0.4) is 0 Å². The van der Waals surface area contributed by atoms with Crippen molar-refractivity contribution < 1.29 is 14.3 Å². The molecular weight excluding hydrogens is 330 g/mol. The van der Waals surface area contributed by atoms with Gasteiger partial charge in [0.1, 0.15) is 17.0 Å². The number of hydrogen-bond donors (Lipinski definition) is 1. The second-order valence-corrected chi connectivity index (χ2v) is 6.37. The Balaban J connectivity index is 1.72. The summed E-state index contributed by atoms with van der Waals surface area (Å²) < 4.78 is 10.8. The summed E-state index contributed by atoms with van der Waals surface area (Å²) in [6, 6.07) is 9.85. The monoisotopic (exact) mass is 351 g/mol. The number of benzene rings is 1. The summed E-state index contributed by atoms with van der Waals surface area (Å²) in [4.78, 5) is 22.2. The average molecular weight is 351 g/mol. The van der Waals surface area contributed by atoms with Crippen molar-refractivity contribution in [2.75, 3.05) is 33.4 Å². The molecule has 1 amide bonds. The van der Waals surface area contributed by atoms with E-state index in [1.54, 1.807) is 7.11 Å². The summed E-state index contributed by atoms with van der Waals surface area (Å²) in [6.45, 7) is 4.39. The standard InChI is InChI=1S/C20H21N3O3/c1-13-3-4-16-15(5-6-18(25-2)19(16)22-13)14-11-17(21-12-14)20(24)23-7-9-26-10-8-23/h3-6,11-12,21H,7-10H2,1-2H3. The lowest BCUT2D eigenvalue weighted by Gasteiger charge is -2.26. The van der Waals surface area contributed by atoms with E-state index in [9.17, 15) is 4.79 Å². The minimum Gasteiger partial charge on any atom is -0.494 e. The first kappa shape index (κ1) is 16.6. The Morgan fingerprint density at radius 1 is 1.23 bits per heavy atom. The number of pyridine rings is 1. The highest BCUT2D eigenvalue weighted by atomic mass is 16.5. The fraction of sp³-hybridized carbons (Fsp3) is 0.300. The van der Waals surface area contributed by atoms with Crippen LogP contribution in [-0.4, -0.2) is 54.2 Å². The van der Waals surface area contributed by atoms with Crippen LogP contribution < -0.4 is 4.74 Å². The number of ether oxygens (including phenoxy) is 2. The molecule has 0 radical (unpaired) electrons. The number of nitrogens with zero attached hydrogens (tertiary/aromatic N) is 2. The quantitative estimate of drug-likeness (QED) is 0.788. The first-order valence-electron chi connectivity index (χ1n) is 8.67. The number of amides is 1. The largest absolute Gasteiger partial charge is 0.494 e. The van der Waals surface area contributed by atoms with Gasteiger partial charge in [-0.15, -0.1) is 0 Å². The molecule has 134 valence electrons. The van der Waals surface area contributed by atoms with Crippen molar-refractivity contribution in [3.63, 3.8) is 0 Å². The summed E-state index contributed by atoms with van der Waals surface area (Å²) in [5, 5.41) is 0.999. The molecule has 6 heteroatoms. The zero-order chi connectivity index (χ0) is 18.1. The molecular formula is C20H21N3O3. The van der Waals surface area contributed by atoms with Gasteiger partial charge >= 0.3 is 0 Å². The lowest BCUT2D eigenvalue weighted by Crippen LogP contribution is -2.40. The number of methoxy groups -OCH3 is 1. The second kappa shape index (κ2) is 6.80. The van der Waals surface area contributed by atoms with Crippen molar-refractivity contribution >= 4 is 16.8 Å². The highest BCUT2D eigenvalue weighted by Gasteiger charge is 2.20. The topological polar surface area (TPSA) is 67.5 Å². The number of carbonyl (C=O) groups is 1. The van der Waals surface area contributed by atoms with Gasteiger partial charge in [0.15, 0.2) is 0 Å². The van der Waals surface area contributed by atoms with Gasteiger partial charge in [0.2, 0.25) is 0 Å². The van der Waals surface area contributed by atoms with Gasteiger partial charge in [0.25, 0.3) is 5.91 Å². The number of morpholine rings is 1. The van der Waals surface area contributed by atoms with Gasteiger partial charge in [0.05, 0.1) is 20.3 Å². The molecule has 1 N–H and O–H groups in total. The SMILES string of the molecule is COc1ccc(-c2c[nH]c(C(=O)N3CCOCC3)c2)c2ccc(C)nc12. The molecule has 1 aliphatic heterocycles. The lowest BCUT2D eigenvalue weighted by atomic mass is 10.0. The van der Waals surface area contributed by atoms with Crippen LogP contribution >= 0.6 is 0 Å². The van der Waals surface area contributed by atoms with E-state index in [0.29, 0.717) is 32.0 Å². The number of aromatic amines is 1. The van der Waals surface area contributed by atoms with E-state index in [1.165, 1.54) is 0 Å². The highest BCUT2D eigenvalue weighted by molar-refractivity contribution is 6.00. The number of carbonyl (C=O) groups excluding carboxylic acids is 1. The van der Waals surface area contributed by atoms with Gasteiger partial charge in [-0.25, -0.2) is 4.98 Å². The van der Waals surface area contributed by atoms with E-state index in [4.69, 9.17) is 9.47 Å². The zero-order valence-electron chi connectivity index (χ0n) is 14.9. The first-order chi connectivity index (χ1) is 12.7. The number of rotatable bonds is 3. The number of hydrogen-bond acceptors (Lipinski definition) is 4. The van der Waals surface area contributed by atoms with E-state index in [-0.39, 0.29) is 5.91 Å². The van der Waals surface area contributed by atoms with Crippen molar-refractivity contribution in [3.8, 4) is 16.9 Å². The molecule has 3 heterocycles. The van der Waals surface area contributed by atoms with E-state index in [2.05, 4.69) is 9.97 Å². The molecule has 26 heavy (non-hydrogen) atoms. The van der Waals surface area contributed by atoms with Crippen molar-refractivity contribution in [3.05, 3.63) is 47.9 Å². The molecule has 4 rings (SSSR count). The number of aryl methyl sites for hydroxylation is 1. The molecule has 3 aromatic rings. The van der Waals surface area contributed by atoms with Crippen LogP contribution in [0.5, 0.6) is 5.75 Å². The fourth-order valence-corrected chi connectivity index (χ4v) is 3.32. The van der Waals surface area contributed by atoms with Crippen LogP contribution in [0.4, 0.5) is 0 Å². The maximum atomic E-state index is 12.7. The number of nitrogens with one attached hydrogen (secondary N) is 1. The predicted molar refractivity (Wildman–Crippen MR) is 99.5 cm³/mol. The van der Waals surface area contributed by atoms with E-state index in [1.807, 2.05) is 48.4 Å². The summed E-state index contributed by atoms with van der Waals surface area (Å²) >= 11 is 0. The number of fused-ring (bicyclic) bond motifs is 1. The van der Waals surface area contributed by atoms with Gasteiger partial charge < -0.3 is 19.4 Å². The molecule has 0 unspecified atom stereocenters. The molecule has 6 nitrogen and oxygen atoms in total. The Morgan fingerprint density at radius 2 is 2.04 bits per heavy atom. The molecule has 0 spiro atoms. The molecule has 1 fully saturated rings. The predicted octanol–water partition coefficient (Wildman–Crippen LogP) is 3.02. The molecule has 2 aromatic heterocycles. The Hall–Kier alpha value is -2.86. The van der Waals surface area contributed by atoms with E-state index >= 15 is 0 Å². The van der Waals surface area contributed by atoms with Crippen molar-refractivity contribution in [2.45, 2.75) is 6.92 Å². The van der Waals surface area contributed by atoms with Gasteiger partial charge in [-0.3, -0.25) is 4.79 Å². The van der Waals surface area contributed by atoms with Crippen molar-refractivity contribution in [1.29, 1.82) is 0 Å². The maximum absolute atomic E-state index is 12.7. The number of H-pyrrole nitrogens is 1. The molecule has 1 saturated heterocycles. The van der Waals surface area contributed by atoms with Crippen LogP contribution in [0.25, 0.3) is 22.0 Å². The third-order valence-corrected chi connectivity index (χ3v) is 4.70. The van der Waals surface area contributed by atoms with Gasteiger partial charge in [0, 0.05) is 35.9 Å². The Bertz CT molecular complexity index is 958. The Kier molecular flexibility index (Phi) is 4.34. The van der Waals surface area contributed by atoms with Crippen molar-refractivity contribution in [1.82, 2.24) is 14.9 Å². The van der Waals surface area contributed by atoms with Gasteiger partial charge in [-0.2, -0.15) is 0 Å². The lowest BCUT2D eigenvalue weighted by molar-refractivity contribution is 0.0299. The van der Waals surface area contributed by atoms with Crippen LogP contribution in [0.15, 0.2) is 36.5 Å². The molecule has 0 bridgehead atoms. The highest BCUT2D eigenvalue weighted by Crippen LogP contribution is 2.34. The average Bonchev–Trinajstić information content (AvgIpc) is 3.17. The Labute approximate surface area is 151 Å².